The Morgan fingerprint density at radius 1 is 1.43 bits per heavy atom. The molecule has 3 amide bonds. The number of carbonyl (C=O) groups excluding carboxylic acids is 2. The van der Waals surface area contributed by atoms with Gasteiger partial charge in [0.25, 0.3) is 0 Å². The van der Waals surface area contributed by atoms with Gasteiger partial charge in [-0.1, -0.05) is 29.8 Å². The van der Waals surface area contributed by atoms with E-state index in [0.717, 1.165) is 37.1 Å². The highest BCUT2D eigenvalue weighted by molar-refractivity contribution is 5.79. The van der Waals surface area contributed by atoms with Gasteiger partial charge in [-0.05, 0) is 32.4 Å². The fourth-order valence-electron chi connectivity index (χ4n) is 3.21. The molecule has 6 nitrogen and oxygen atoms in total. The quantitative estimate of drug-likeness (QED) is 0.739. The fraction of sp³-hybridized carbons (Fsp3) is 0.529. The summed E-state index contributed by atoms with van der Waals surface area (Å²) in [5.41, 5.74) is 7.28. The average Bonchev–Trinajstić information content (AvgIpc) is 2.95. The third kappa shape index (κ3) is 4.69. The first-order chi connectivity index (χ1) is 11.0. The Hall–Kier alpha value is -2.08. The summed E-state index contributed by atoms with van der Waals surface area (Å²) >= 11 is 0. The molecule has 2 atom stereocenters. The van der Waals surface area contributed by atoms with E-state index in [9.17, 15) is 9.59 Å². The molecule has 1 saturated heterocycles. The normalized spacial score (nSPS) is 18.7. The Morgan fingerprint density at radius 3 is 2.87 bits per heavy atom. The van der Waals surface area contributed by atoms with Gasteiger partial charge in [0, 0.05) is 19.1 Å². The molecule has 0 aliphatic carbocycles. The van der Waals surface area contributed by atoms with Gasteiger partial charge in [-0.25, -0.2) is 4.79 Å². The minimum Gasteiger partial charge on any atom is -0.352 e. The number of aryl methyl sites for hydroxylation is 1. The van der Waals surface area contributed by atoms with E-state index in [-0.39, 0.29) is 18.4 Å². The number of urea groups is 1. The highest BCUT2D eigenvalue weighted by Gasteiger charge is 2.30. The first-order valence-electron chi connectivity index (χ1n) is 8.08. The first kappa shape index (κ1) is 17.3. The number of hydrogen-bond donors (Lipinski definition) is 3. The van der Waals surface area contributed by atoms with Crippen molar-refractivity contribution in [3.05, 3.63) is 35.4 Å². The van der Waals surface area contributed by atoms with Crippen LogP contribution in [0.25, 0.3) is 0 Å². The van der Waals surface area contributed by atoms with E-state index in [2.05, 4.69) is 10.6 Å². The van der Waals surface area contributed by atoms with Crippen LogP contribution in [0.3, 0.4) is 0 Å². The molecule has 0 aromatic heterocycles. The lowest BCUT2D eigenvalue weighted by Crippen LogP contribution is -2.43. The van der Waals surface area contributed by atoms with Crippen molar-refractivity contribution in [2.75, 3.05) is 20.1 Å². The maximum Gasteiger partial charge on any atom is 0.312 e. The van der Waals surface area contributed by atoms with Crippen LogP contribution in [-0.4, -0.2) is 43.0 Å². The van der Waals surface area contributed by atoms with Crippen LogP contribution in [0.2, 0.25) is 0 Å². The molecule has 126 valence electrons. The molecule has 1 aromatic rings. The number of benzene rings is 1. The fourth-order valence-corrected chi connectivity index (χ4v) is 3.21. The molecule has 0 saturated carbocycles. The van der Waals surface area contributed by atoms with Crippen LogP contribution < -0.4 is 16.4 Å². The second-order valence-electron chi connectivity index (χ2n) is 6.12. The molecule has 0 radical (unpaired) electrons. The maximum atomic E-state index is 12.7. The SMILES string of the molecule is CNC[C@@H]1CCCN1C(=O)C[C@H](NC(N)=O)c1cccc(C)c1. The van der Waals surface area contributed by atoms with Crippen molar-refractivity contribution in [2.24, 2.45) is 5.73 Å². The standard InChI is InChI=1S/C17H26N4O2/c1-12-5-3-6-13(9-12)15(20-17(18)23)10-16(22)21-8-4-7-14(21)11-19-2/h3,5-6,9,14-15,19H,4,7-8,10-11H2,1-2H3,(H3,18,20,23)/t14-,15-/m0/s1. The lowest BCUT2D eigenvalue weighted by molar-refractivity contribution is -0.132. The molecule has 23 heavy (non-hydrogen) atoms. The zero-order valence-electron chi connectivity index (χ0n) is 13.8. The second-order valence-corrected chi connectivity index (χ2v) is 6.12. The van der Waals surface area contributed by atoms with Crippen molar-refractivity contribution >= 4 is 11.9 Å². The predicted octanol–water partition coefficient (Wildman–Crippen LogP) is 1.30. The van der Waals surface area contributed by atoms with Crippen LogP contribution in [0, 0.1) is 6.92 Å². The summed E-state index contributed by atoms with van der Waals surface area (Å²) in [6.07, 6.45) is 2.27. The van der Waals surface area contributed by atoms with Crippen LogP contribution >= 0.6 is 0 Å². The summed E-state index contributed by atoms with van der Waals surface area (Å²) in [6.45, 7) is 3.56. The van der Waals surface area contributed by atoms with E-state index in [1.807, 2.05) is 43.1 Å². The number of likely N-dealkylation sites (tertiary alicyclic amines) is 1. The van der Waals surface area contributed by atoms with Gasteiger partial charge in [-0.2, -0.15) is 0 Å². The van der Waals surface area contributed by atoms with E-state index >= 15 is 0 Å². The van der Waals surface area contributed by atoms with Crippen molar-refractivity contribution in [3.8, 4) is 0 Å². The Balaban J connectivity index is 2.11. The second kappa shape index (κ2) is 7.97. The molecule has 1 aliphatic rings. The summed E-state index contributed by atoms with van der Waals surface area (Å²) in [5.74, 6) is 0.0583. The van der Waals surface area contributed by atoms with Crippen molar-refractivity contribution < 1.29 is 9.59 Å². The number of nitrogens with zero attached hydrogens (tertiary/aromatic N) is 1. The maximum absolute atomic E-state index is 12.7. The van der Waals surface area contributed by atoms with Gasteiger partial charge >= 0.3 is 6.03 Å². The smallest absolute Gasteiger partial charge is 0.312 e. The van der Waals surface area contributed by atoms with E-state index in [1.54, 1.807) is 0 Å². The first-order valence-corrected chi connectivity index (χ1v) is 8.08. The van der Waals surface area contributed by atoms with Gasteiger partial charge in [0.15, 0.2) is 0 Å². The van der Waals surface area contributed by atoms with E-state index in [1.165, 1.54) is 0 Å². The number of nitrogens with two attached hydrogens (primary N) is 1. The third-order valence-corrected chi connectivity index (χ3v) is 4.28. The molecule has 0 unspecified atom stereocenters. The van der Waals surface area contributed by atoms with Gasteiger partial charge < -0.3 is 21.3 Å². The third-order valence-electron chi connectivity index (χ3n) is 4.28. The van der Waals surface area contributed by atoms with Crippen LogP contribution in [0.1, 0.15) is 36.4 Å². The number of carbonyl (C=O) groups is 2. The van der Waals surface area contributed by atoms with Crippen molar-refractivity contribution in [3.63, 3.8) is 0 Å². The van der Waals surface area contributed by atoms with Crippen LogP contribution in [-0.2, 0) is 4.79 Å². The van der Waals surface area contributed by atoms with Crippen LogP contribution in [0.4, 0.5) is 4.79 Å². The van der Waals surface area contributed by atoms with Gasteiger partial charge in [-0.15, -0.1) is 0 Å². The largest absolute Gasteiger partial charge is 0.352 e. The molecule has 1 heterocycles. The zero-order valence-corrected chi connectivity index (χ0v) is 13.8. The predicted molar refractivity (Wildman–Crippen MR) is 89.9 cm³/mol. The van der Waals surface area contributed by atoms with Gasteiger partial charge in [0.05, 0.1) is 12.5 Å². The van der Waals surface area contributed by atoms with E-state index < -0.39 is 12.1 Å². The average molecular weight is 318 g/mol. The van der Waals surface area contributed by atoms with Crippen molar-refractivity contribution in [1.29, 1.82) is 0 Å². The number of nitrogens with one attached hydrogen (secondary N) is 2. The van der Waals surface area contributed by atoms with E-state index in [4.69, 9.17) is 5.73 Å². The van der Waals surface area contributed by atoms with E-state index in [0.29, 0.717) is 0 Å². The number of likely N-dealkylation sites (N-methyl/N-ethyl adjacent to an activating group) is 1. The van der Waals surface area contributed by atoms with Gasteiger partial charge in [0.2, 0.25) is 5.91 Å². The summed E-state index contributed by atoms with van der Waals surface area (Å²) in [6, 6.07) is 7.02. The Bertz CT molecular complexity index is 561. The van der Waals surface area contributed by atoms with Gasteiger partial charge in [0.1, 0.15) is 0 Å². The molecule has 1 aromatic carbocycles. The number of rotatable bonds is 6. The molecule has 0 spiro atoms. The van der Waals surface area contributed by atoms with Crippen molar-refractivity contribution in [1.82, 2.24) is 15.5 Å². The molecule has 4 N–H and O–H groups in total. The molecule has 0 bridgehead atoms. The zero-order chi connectivity index (χ0) is 16.8. The number of primary amides is 1. The summed E-state index contributed by atoms with van der Waals surface area (Å²) in [5, 5.41) is 5.84. The minimum atomic E-state index is -0.613. The Labute approximate surface area is 137 Å². The molecular weight excluding hydrogens is 292 g/mol. The Kier molecular flexibility index (Phi) is 5.98. The monoisotopic (exact) mass is 318 g/mol. The summed E-state index contributed by atoms with van der Waals surface area (Å²) in [4.78, 5) is 25.9. The highest BCUT2D eigenvalue weighted by Crippen LogP contribution is 2.23. The van der Waals surface area contributed by atoms with Crippen LogP contribution in [0.15, 0.2) is 24.3 Å². The van der Waals surface area contributed by atoms with Crippen molar-refractivity contribution in [2.45, 2.75) is 38.3 Å². The number of amides is 3. The molecule has 2 rings (SSSR count). The Morgan fingerprint density at radius 2 is 2.22 bits per heavy atom. The molecule has 6 heteroatoms. The topological polar surface area (TPSA) is 87.5 Å². The summed E-state index contributed by atoms with van der Waals surface area (Å²) in [7, 11) is 1.89. The van der Waals surface area contributed by atoms with Gasteiger partial charge in [-0.3, -0.25) is 4.79 Å². The number of hydrogen-bond acceptors (Lipinski definition) is 3. The van der Waals surface area contributed by atoms with Crippen LogP contribution in [0.5, 0.6) is 0 Å². The highest BCUT2D eigenvalue weighted by atomic mass is 16.2. The lowest BCUT2D eigenvalue weighted by atomic mass is 10.0. The molecule has 1 fully saturated rings. The molecule has 1 aliphatic heterocycles. The minimum absolute atomic E-state index is 0.0583. The summed E-state index contributed by atoms with van der Waals surface area (Å²) < 4.78 is 0. The lowest BCUT2D eigenvalue weighted by Gasteiger charge is -2.27. The molecular formula is C17H26N4O2.